The molecule has 1 aliphatic carbocycles. The van der Waals surface area contributed by atoms with Gasteiger partial charge in [0.15, 0.2) is 0 Å². The van der Waals surface area contributed by atoms with Crippen LogP contribution in [0.1, 0.15) is 53.4 Å². The molecule has 1 aliphatic rings. The van der Waals surface area contributed by atoms with Crippen LogP contribution in [0.3, 0.4) is 0 Å². The first-order valence-corrected chi connectivity index (χ1v) is 12.9. The van der Waals surface area contributed by atoms with Gasteiger partial charge in [-0.2, -0.15) is 0 Å². The number of rotatable bonds is 9. The number of hydrogen-bond acceptors (Lipinski definition) is 3. The summed E-state index contributed by atoms with van der Waals surface area (Å²) in [5, 5.41) is 4.13. The van der Waals surface area contributed by atoms with E-state index in [-0.39, 0.29) is 18.1 Å². The van der Waals surface area contributed by atoms with E-state index in [0.717, 1.165) is 31.2 Å². The summed E-state index contributed by atoms with van der Waals surface area (Å²) in [7, 11) is 0. The number of pyridine rings is 1. The summed E-state index contributed by atoms with van der Waals surface area (Å²) in [6.07, 6.45) is 2.74. The molecule has 0 saturated carbocycles. The number of aryl methyl sites for hydroxylation is 2. The maximum Gasteiger partial charge on any atom is 0.248 e. The molecular formula is C31H33FN2O2. The Hall–Kier alpha value is -3.44. The zero-order chi connectivity index (χ0) is 25.1. The number of aromatic nitrogens is 1. The highest BCUT2D eigenvalue weighted by Gasteiger charge is 2.24. The standard InChI is InChI=1S/C31H33FN2O2/c1-3-21-14-23-16-25(17-24(23)15-22(21)4-2)33-18-28(32)26-10-12-29(31-27(26)11-13-30(35)34-31)36-19-20-8-6-5-7-9-20/h5-15,25,28,33H,3-4,16-19H2,1-2H3,(H,34,35)/t28-/m0/s1. The first kappa shape index (κ1) is 24.3. The average molecular weight is 485 g/mol. The fourth-order valence-electron chi connectivity index (χ4n) is 5.33. The van der Waals surface area contributed by atoms with Gasteiger partial charge < -0.3 is 15.0 Å². The van der Waals surface area contributed by atoms with Crippen molar-refractivity contribution in [3.63, 3.8) is 0 Å². The third kappa shape index (κ3) is 5.07. The van der Waals surface area contributed by atoms with Gasteiger partial charge in [0.25, 0.3) is 0 Å². The van der Waals surface area contributed by atoms with Gasteiger partial charge in [-0.1, -0.05) is 62.4 Å². The smallest absolute Gasteiger partial charge is 0.248 e. The van der Waals surface area contributed by atoms with Crippen molar-refractivity contribution in [1.29, 1.82) is 0 Å². The van der Waals surface area contributed by atoms with Crippen molar-refractivity contribution in [2.75, 3.05) is 6.54 Å². The summed E-state index contributed by atoms with van der Waals surface area (Å²) in [6, 6.07) is 21.4. The molecule has 0 radical (unpaired) electrons. The number of H-pyrrole nitrogens is 1. The van der Waals surface area contributed by atoms with Crippen molar-refractivity contribution in [2.45, 2.75) is 58.4 Å². The van der Waals surface area contributed by atoms with Crippen molar-refractivity contribution < 1.29 is 9.13 Å². The van der Waals surface area contributed by atoms with E-state index in [2.05, 4.69) is 36.3 Å². The molecule has 0 aliphatic heterocycles. The lowest BCUT2D eigenvalue weighted by molar-refractivity contribution is 0.306. The summed E-state index contributed by atoms with van der Waals surface area (Å²) < 4.78 is 21.6. The summed E-state index contributed by atoms with van der Waals surface area (Å²) in [4.78, 5) is 14.9. The molecule has 4 nitrogen and oxygen atoms in total. The van der Waals surface area contributed by atoms with Gasteiger partial charge in [0.1, 0.15) is 18.5 Å². The maximum atomic E-state index is 15.6. The number of fused-ring (bicyclic) bond motifs is 2. The van der Waals surface area contributed by atoms with Crippen LogP contribution in [0.4, 0.5) is 4.39 Å². The fourth-order valence-corrected chi connectivity index (χ4v) is 5.33. The third-order valence-electron chi connectivity index (χ3n) is 7.27. The summed E-state index contributed by atoms with van der Waals surface area (Å²) in [6.45, 7) is 5.00. The van der Waals surface area contributed by atoms with Gasteiger partial charge in [-0.3, -0.25) is 4.79 Å². The molecule has 0 fully saturated rings. The zero-order valence-electron chi connectivity index (χ0n) is 20.9. The number of halogens is 1. The molecule has 1 heterocycles. The van der Waals surface area contributed by atoms with Crippen LogP contribution in [0.5, 0.6) is 5.75 Å². The molecule has 1 aromatic heterocycles. The van der Waals surface area contributed by atoms with Gasteiger partial charge in [-0.25, -0.2) is 4.39 Å². The second-order valence-corrected chi connectivity index (χ2v) is 9.62. The Labute approximate surface area is 211 Å². The summed E-state index contributed by atoms with van der Waals surface area (Å²) >= 11 is 0. The van der Waals surface area contributed by atoms with Gasteiger partial charge in [-0.15, -0.1) is 0 Å². The molecular weight excluding hydrogens is 451 g/mol. The molecule has 0 saturated heterocycles. The monoisotopic (exact) mass is 484 g/mol. The molecule has 5 rings (SSSR count). The van der Waals surface area contributed by atoms with Crippen molar-refractivity contribution in [1.82, 2.24) is 10.3 Å². The van der Waals surface area contributed by atoms with Crippen LogP contribution in [0.25, 0.3) is 10.9 Å². The minimum Gasteiger partial charge on any atom is -0.487 e. The molecule has 4 aromatic rings. The molecule has 0 bridgehead atoms. The van der Waals surface area contributed by atoms with Crippen LogP contribution < -0.4 is 15.6 Å². The minimum atomic E-state index is -1.21. The molecule has 36 heavy (non-hydrogen) atoms. The lowest BCUT2D eigenvalue weighted by Crippen LogP contribution is -2.32. The quantitative estimate of drug-likeness (QED) is 0.306. The number of ether oxygens (including phenoxy) is 1. The van der Waals surface area contributed by atoms with E-state index >= 15 is 4.39 Å². The highest BCUT2D eigenvalue weighted by atomic mass is 19.1. The van der Waals surface area contributed by atoms with E-state index in [9.17, 15) is 4.79 Å². The number of nitrogens with one attached hydrogen (secondary N) is 2. The molecule has 0 amide bonds. The van der Waals surface area contributed by atoms with Crippen LogP contribution in [-0.2, 0) is 32.3 Å². The van der Waals surface area contributed by atoms with Gasteiger partial charge in [-0.05, 0) is 71.2 Å². The number of alkyl halides is 1. The van der Waals surface area contributed by atoms with Gasteiger partial charge in [0, 0.05) is 24.0 Å². The molecule has 3 aromatic carbocycles. The maximum absolute atomic E-state index is 15.6. The molecule has 0 unspecified atom stereocenters. The topological polar surface area (TPSA) is 54.1 Å². The van der Waals surface area contributed by atoms with Crippen molar-refractivity contribution in [3.8, 4) is 5.75 Å². The van der Waals surface area contributed by atoms with Crippen LogP contribution in [-0.4, -0.2) is 17.6 Å². The van der Waals surface area contributed by atoms with Crippen LogP contribution >= 0.6 is 0 Å². The van der Waals surface area contributed by atoms with E-state index in [4.69, 9.17) is 4.74 Å². The number of aromatic amines is 1. The highest BCUT2D eigenvalue weighted by molar-refractivity contribution is 5.87. The Morgan fingerprint density at radius 1 is 0.972 bits per heavy atom. The lowest BCUT2D eigenvalue weighted by atomic mass is 9.97. The van der Waals surface area contributed by atoms with Crippen molar-refractivity contribution >= 4 is 10.9 Å². The number of benzene rings is 3. The van der Waals surface area contributed by atoms with E-state index in [1.807, 2.05) is 30.3 Å². The van der Waals surface area contributed by atoms with Gasteiger partial charge in [0.05, 0.1) is 5.52 Å². The molecule has 0 spiro atoms. The van der Waals surface area contributed by atoms with Crippen LogP contribution in [0.2, 0.25) is 0 Å². The second kappa shape index (κ2) is 10.7. The predicted molar refractivity (Wildman–Crippen MR) is 144 cm³/mol. The molecule has 186 valence electrons. The fraction of sp³-hybridized carbons (Fsp3) is 0.323. The second-order valence-electron chi connectivity index (χ2n) is 9.62. The first-order chi connectivity index (χ1) is 17.6. The van der Waals surface area contributed by atoms with Crippen molar-refractivity contribution in [3.05, 3.63) is 110 Å². The Morgan fingerprint density at radius 2 is 1.67 bits per heavy atom. The van der Waals surface area contributed by atoms with E-state index in [1.54, 1.807) is 18.2 Å². The van der Waals surface area contributed by atoms with E-state index in [0.29, 0.717) is 28.8 Å². The largest absolute Gasteiger partial charge is 0.487 e. The Bertz CT molecular complexity index is 1380. The first-order valence-electron chi connectivity index (χ1n) is 12.9. The van der Waals surface area contributed by atoms with E-state index < -0.39 is 6.17 Å². The SMILES string of the molecule is CCc1cc2c(cc1CC)CC(NC[C@H](F)c1ccc(OCc3ccccc3)c3[nH]c(=O)ccc13)C2. The normalized spacial score (nSPS) is 14.2. The van der Waals surface area contributed by atoms with Gasteiger partial charge >= 0.3 is 0 Å². The van der Waals surface area contributed by atoms with Crippen molar-refractivity contribution in [2.24, 2.45) is 0 Å². The third-order valence-corrected chi connectivity index (χ3v) is 7.27. The highest BCUT2D eigenvalue weighted by Crippen LogP contribution is 2.32. The Balaban J connectivity index is 1.30. The van der Waals surface area contributed by atoms with Gasteiger partial charge in [0.2, 0.25) is 5.56 Å². The average Bonchev–Trinajstić information content (AvgIpc) is 3.31. The molecule has 5 heteroatoms. The summed E-state index contributed by atoms with van der Waals surface area (Å²) in [5.41, 5.74) is 7.50. The van der Waals surface area contributed by atoms with Crippen LogP contribution in [0, 0.1) is 0 Å². The van der Waals surface area contributed by atoms with Crippen LogP contribution in [0.15, 0.2) is 71.5 Å². The number of hydrogen-bond donors (Lipinski definition) is 2. The van der Waals surface area contributed by atoms with E-state index in [1.165, 1.54) is 28.3 Å². The minimum absolute atomic E-state index is 0.221. The molecule has 1 atom stereocenters. The Morgan fingerprint density at radius 3 is 2.33 bits per heavy atom. The predicted octanol–water partition coefficient (Wildman–Crippen LogP) is 6.00. The Kier molecular flexibility index (Phi) is 7.19. The molecule has 2 N–H and O–H groups in total. The zero-order valence-corrected chi connectivity index (χ0v) is 20.9. The lowest BCUT2D eigenvalue weighted by Gasteiger charge is -2.18. The summed E-state index contributed by atoms with van der Waals surface area (Å²) in [5.74, 6) is 0.542.